The molecule has 4 nitrogen and oxygen atoms in total. The zero-order chi connectivity index (χ0) is 14.2. The van der Waals surface area contributed by atoms with Gasteiger partial charge in [0, 0.05) is 17.5 Å². The third-order valence-electron chi connectivity index (χ3n) is 3.76. The van der Waals surface area contributed by atoms with Gasteiger partial charge in [0.2, 0.25) is 10.0 Å². The topological polar surface area (TPSA) is 57.6 Å². The molecule has 19 heavy (non-hydrogen) atoms. The molecular formula is C12H18BrNO3S2. The summed E-state index contributed by atoms with van der Waals surface area (Å²) < 4.78 is 27.6. The van der Waals surface area contributed by atoms with Gasteiger partial charge in [-0.1, -0.05) is 6.92 Å². The van der Waals surface area contributed by atoms with Crippen molar-refractivity contribution in [1.82, 2.24) is 4.31 Å². The van der Waals surface area contributed by atoms with Crippen molar-refractivity contribution in [3.05, 3.63) is 14.7 Å². The van der Waals surface area contributed by atoms with E-state index in [0.29, 0.717) is 21.1 Å². The molecule has 108 valence electrons. The van der Waals surface area contributed by atoms with Gasteiger partial charge in [-0.3, -0.25) is 0 Å². The lowest BCUT2D eigenvalue weighted by Crippen LogP contribution is -2.45. The minimum absolute atomic E-state index is 0.0168. The van der Waals surface area contributed by atoms with Gasteiger partial charge in [-0.15, -0.1) is 11.3 Å². The molecule has 0 amide bonds. The average Bonchev–Trinajstić information content (AvgIpc) is 2.74. The molecule has 0 radical (unpaired) electrons. The van der Waals surface area contributed by atoms with Crippen LogP contribution in [0.15, 0.2) is 14.7 Å². The SMILES string of the molecule is CC1CCCN(S(=O)(=O)c2cc(CO)sc2Br)C1C. The van der Waals surface area contributed by atoms with Crippen LogP contribution in [0.5, 0.6) is 0 Å². The monoisotopic (exact) mass is 367 g/mol. The van der Waals surface area contributed by atoms with Gasteiger partial charge in [-0.2, -0.15) is 4.31 Å². The van der Waals surface area contributed by atoms with E-state index in [4.69, 9.17) is 5.11 Å². The summed E-state index contributed by atoms with van der Waals surface area (Å²) >= 11 is 4.57. The summed E-state index contributed by atoms with van der Waals surface area (Å²) in [5.41, 5.74) is 0. The summed E-state index contributed by atoms with van der Waals surface area (Å²) in [6.07, 6.45) is 1.97. The first-order chi connectivity index (χ1) is 8.87. The molecule has 2 heterocycles. The molecule has 0 bridgehead atoms. The summed E-state index contributed by atoms with van der Waals surface area (Å²) in [5.74, 6) is 0.373. The maximum atomic E-state index is 12.7. The lowest BCUT2D eigenvalue weighted by Gasteiger charge is -2.36. The standard InChI is InChI=1S/C12H18BrNO3S2/c1-8-4-3-5-14(9(8)2)19(16,17)11-6-10(7-15)18-12(11)13/h6,8-9,15H,3-5,7H2,1-2H3. The Hall–Kier alpha value is 0.0500. The Balaban J connectivity index is 2.38. The largest absolute Gasteiger partial charge is 0.391 e. The molecule has 2 unspecified atom stereocenters. The van der Waals surface area contributed by atoms with Crippen LogP contribution in [0, 0.1) is 5.92 Å². The zero-order valence-electron chi connectivity index (χ0n) is 11.0. The Morgan fingerprint density at radius 1 is 1.53 bits per heavy atom. The van der Waals surface area contributed by atoms with Crippen molar-refractivity contribution in [2.24, 2.45) is 5.92 Å². The van der Waals surface area contributed by atoms with Crippen molar-refractivity contribution in [3.8, 4) is 0 Å². The Morgan fingerprint density at radius 2 is 2.21 bits per heavy atom. The van der Waals surface area contributed by atoms with Crippen molar-refractivity contribution in [2.75, 3.05) is 6.54 Å². The predicted molar refractivity (Wildman–Crippen MR) is 79.7 cm³/mol. The molecule has 2 rings (SSSR count). The fourth-order valence-corrected chi connectivity index (χ4v) is 6.67. The fourth-order valence-electron chi connectivity index (χ4n) is 2.41. The number of piperidine rings is 1. The van der Waals surface area contributed by atoms with Crippen molar-refractivity contribution in [2.45, 2.75) is 44.2 Å². The molecular weight excluding hydrogens is 350 g/mol. The van der Waals surface area contributed by atoms with Crippen LogP contribution in [0.2, 0.25) is 0 Å². The first-order valence-electron chi connectivity index (χ1n) is 6.29. The van der Waals surface area contributed by atoms with Crippen molar-refractivity contribution >= 4 is 37.3 Å². The molecule has 1 aliphatic rings. The summed E-state index contributed by atoms with van der Waals surface area (Å²) in [7, 11) is -3.48. The number of thiophene rings is 1. The number of rotatable bonds is 3. The Labute approximate surface area is 126 Å². The van der Waals surface area contributed by atoms with Gasteiger partial charge in [0.25, 0.3) is 0 Å². The quantitative estimate of drug-likeness (QED) is 0.893. The van der Waals surface area contributed by atoms with E-state index in [-0.39, 0.29) is 17.5 Å². The number of hydrogen-bond acceptors (Lipinski definition) is 4. The maximum Gasteiger partial charge on any atom is 0.245 e. The van der Waals surface area contributed by atoms with Crippen molar-refractivity contribution < 1.29 is 13.5 Å². The van der Waals surface area contributed by atoms with Crippen LogP contribution in [0.1, 0.15) is 31.6 Å². The van der Waals surface area contributed by atoms with E-state index >= 15 is 0 Å². The minimum atomic E-state index is -3.48. The second kappa shape index (κ2) is 5.81. The van der Waals surface area contributed by atoms with E-state index in [1.165, 1.54) is 11.3 Å². The van der Waals surface area contributed by atoms with Crippen LogP contribution < -0.4 is 0 Å². The Bertz CT molecular complexity index is 555. The van der Waals surface area contributed by atoms with Gasteiger partial charge in [-0.25, -0.2) is 8.42 Å². The third-order valence-corrected chi connectivity index (χ3v) is 7.99. The molecule has 7 heteroatoms. The number of hydrogen-bond donors (Lipinski definition) is 1. The minimum Gasteiger partial charge on any atom is -0.391 e. The van der Waals surface area contributed by atoms with Gasteiger partial charge in [0.1, 0.15) is 4.90 Å². The van der Waals surface area contributed by atoms with Crippen LogP contribution in [0.4, 0.5) is 0 Å². The summed E-state index contributed by atoms with van der Waals surface area (Å²) in [4.78, 5) is 0.936. The highest BCUT2D eigenvalue weighted by Crippen LogP contribution is 2.36. The molecule has 1 aromatic heterocycles. The van der Waals surface area contributed by atoms with Gasteiger partial charge in [0.05, 0.1) is 10.4 Å². The van der Waals surface area contributed by atoms with Crippen molar-refractivity contribution in [1.29, 1.82) is 0 Å². The lowest BCUT2D eigenvalue weighted by molar-refractivity contribution is 0.202. The smallest absolute Gasteiger partial charge is 0.245 e. The van der Waals surface area contributed by atoms with Crippen LogP contribution in [-0.4, -0.2) is 30.4 Å². The van der Waals surface area contributed by atoms with Gasteiger partial charge in [0.15, 0.2) is 0 Å². The highest BCUT2D eigenvalue weighted by atomic mass is 79.9. The molecule has 0 saturated carbocycles. The summed E-state index contributed by atoms with van der Waals surface area (Å²) in [6, 6.07) is 1.58. The average molecular weight is 368 g/mol. The summed E-state index contributed by atoms with van der Waals surface area (Å²) in [6.45, 7) is 4.50. The van der Waals surface area contributed by atoms with Gasteiger partial charge >= 0.3 is 0 Å². The fraction of sp³-hybridized carbons (Fsp3) is 0.667. The number of sulfonamides is 1. The number of aliphatic hydroxyl groups excluding tert-OH is 1. The molecule has 1 N–H and O–H groups in total. The van der Waals surface area contributed by atoms with Crippen LogP contribution >= 0.6 is 27.3 Å². The lowest BCUT2D eigenvalue weighted by atomic mass is 9.94. The van der Waals surface area contributed by atoms with E-state index in [1.807, 2.05) is 6.92 Å². The second-order valence-electron chi connectivity index (χ2n) is 4.98. The van der Waals surface area contributed by atoms with E-state index < -0.39 is 10.0 Å². The summed E-state index contributed by atoms with van der Waals surface area (Å²) in [5, 5.41) is 9.13. The van der Waals surface area contributed by atoms with E-state index in [1.54, 1.807) is 10.4 Å². The first kappa shape index (κ1) is 15.4. The van der Waals surface area contributed by atoms with Crippen LogP contribution in [0.25, 0.3) is 0 Å². The molecule has 1 saturated heterocycles. The van der Waals surface area contributed by atoms with Gasteiger partial charge in [-0.05, 0) is 47.7 Å². The maximum absolute atomic E-state index is 12.7. The third kappa shape index (κ3) is 2.90. The Morgan fingerprint density at radius 3 is 2.79 bits per heavy atom. The normalized spacial score (nSPS) is 25.7. The van der Waals surface area contributed by atoms with Gasteiger partial charge < -0.3 is 5.11 Å². The molecule has 0 spiro atoms. The second-order valence-corrected chi connectivity index (χ2v) is 9.30. The number of nitrogens with zero attached hydrogens (tertiary/aromatic N) is 1. The van der Waals surface area contributed by atoms with E-state index in [9.17, 15) is 8.42 Å². The number of aliphatic hydroxyl groups is 1. The first-order valence-corrected chi connectivity index (χ1v) is 9.33. The van der Waals surface area contributed by atoms with E-state index in [2.05, 4.69) is 22.9 Å². The molecule has 0 aliphatic carbocycles. The molecule has 1 aromatic rings. The highest BCUT2D eigenvalue weighted by Gasteiger charge is 2.36. The molecule has 2 atom stereocenters. The predicted octanol–water partition coefficient (Wildman–Crippen LogP) is 2.81. The molecule has 1 fully saturated rings. The Kier molecular flexibility index (Phi) is 4.72. The van der Waals surface area contributed by atoms with Crippen LogP contribution in [0.3, 0.4) is 0 Å². The van der Waals surface area contributed by atoms with E-state index in [0.717, 1.165) is 12.8 Å². The van der Waals surface area contributed by atoms with Crippen LogP contribution in [-0.2, 0) is 16.6 Å². The molecule has 0 aromatic carbocycles. The molecule has 1 aliphatic heterocycles. The van der Waals surface area contributed by atoms with Crippen molar-refractivity contribution in [3.63, 3.8) is 0 Å². The highest BCUT2D eigenvalue weighted by molar-refractivity contribution is 9.11. The zero-order valence-corrected chi connectivity index (χ0v) is 14.2. The number of halogens is 1.